The number of hydrogen-bond acceptors (Lipinski definition) is 8. The third-order valence-corrected chi connectivity index (χ3v) is 5.54. The van der Waals surface area contributed by atoms with Crippen molar-refractivity contribution in [2.45, 2.75) is 0 Å². The molecule has 0 unspecified atom stereocenters. The number of furan rings is 2. The van der Waals surface area contributed by atoms with Gasteiger partial charge in [-0.1, -0.05) is 0 Å². The number of aliphatic imine (C=N–C) groups is 2. The lowest BCUT2D eigenvalue weighted by Crippen LogP contribution is -2.49. The summed E-state index contributed by atoms with van der Waals surface area (Å²) in [5, 5.41) is 0. The summed E-state index contributed by atoms with van der Waals surface area (Å²) in [4.78, 5) is 34.5. The number of carbonyl (C=O) groups excluding carboxylic acids is 1. The summed E-state index contributed by atoms with van der Waals surface area (Å²) in [6, 6.07) is 14.2. The topological polar surface area (TPSA) is 100 Å². The maximum absolute atomic E-state index is 13.2. The summed E-state index contributed by atoms with van der Waals surface area (Å²) in [6.07, 6.45) is 6.59. The number of anilines is 1. The highest BCUT2D eigenvalue weighted by atomic mass is 16.3. The van der Waals surface area contributed by atoms with Crippen molar-refractivity contribution in [1.82, 2.24) is 14.9 Å². The second-order valence-corrected chi connectivity index (χ2v) is 7.60. The third kappa shape index (κ3) is 4.36. The summed E-state index contributed by atoms with van der Waals surface area (Å²) >= 11 is 0. The molecule has 34 heavy (non-hydrogen) atoms. The predicted molar refractivity (Wildman–Crippen MR) is 129 cm³/mol. The molecule has 0 bridgehead atoms. The van der Waals surface area contributed by atoms with Gasteiger partial charge in [-0.3, -0.25) is 9.79 Å². The van der Waals surface area contributed by atoms with Crippen LogP contribution < -0.4 is 4.90 Å². The van der Waals surface area contributed by atoms with E-state index in [0.29, 0.717) is 66.3 Å². The van der Waals surface area contributed by atoms with E-state index in [0.717, 1.165) is 0 Å². The maximum atomic E-state index is 13.2. The molecule has 9 heteroatoms. The lowest BCUT2D eigenvalue weighted by Gasteiger charge is -2.34. The number of carbonyl (C=O) groups is 1. The van der Waals surface area contributed by atoms with Gasteiger partial charge in [0.05, 0.1) is 23.9 Å². The second kappa shape index (κ2) is 9.53. The van der Waals surface area contributed by atoms with Crippen LogP contribution in [0.2, 0.25) is 0 Å². The van der Waals surface area contributed by atoms with E-state index in [1.54, 1.807) is 73.5 Å². The number of benzene rings is 1. The van der Waals surface area contributed by atoms with Gasteiger partial charge >= 0.3 is 0 Å². The average molecular weight is 454 g/mol. The summed E-state index contributed by atoms with van der Waals surface area (Å²) in [6.45, 7) is 6.16. The zero-order valence-electron chi connectivity index (χ0n) is 18.4. The van der Waals surface area contributed by atoms with Crippen LogP contribution in [0.1, 0.15) is 21.9 Å². The van der Waals surface area contributed by atoms with E-state index in [1.807, 2.05) is 4.90 Å². The normalized spacial score (nSPS) is 13.5. The van der Waals surface area contributed by atoms with Crippen molar-refractivity contribution in [1.29, 1.82) is 0 Å². The van der Waals surface area contributed by atoms with E-state index >= 15 is 0 Å². The van der Waals surface area contributed by atoms with Crippen LogP contribution in [-0.4, -0.2) is 59.4 Å². The van der Waals surface area contributed by atoms with Crippen molar-refractivity contribution in [3.8, 4) is 0 Å². The van der Waals surface area contributed by atoms with Gasteiger partial charge in [-0.15, -0.1) is 0 Å². The SMILES string of the molecule is C=Nc1cc(C(=O)N2CCN(c3ncccn3)CC2)ccc1N=C(c1ccco1)c1ccco1. The van der Waals surface area contributed by atoms with Gasteiger partial charge in [0.25, 0.3) is 5.91 Å². The minimum absolute atomic E-state index is 0.0636. The van der Waals surface area contributed by atoms with Crippen molar-refractivity contribution in [2.75, 3.05) is 31.1 Å². The van der Waals surface area contributed by atoms with Crippen molar-refractivity contribution >= 4 is 35.7 Å². The van der Waals surface area contributed by atoms with Crippen LogP contribution in [0.15, 0.2) is 92.3 Å². The Bertz CT molecular complexity index is 1260. The third-order valence-electron chi connectivity index (χ3n) is 5.54. The molecular formula is C25H22N6O3. The van der Waals surface area contributed by atoms with E-state index in [4.69, 9.17) is 13.8 Å². The van der Waals surface area contributed by atoms with E-state index in [1.165, 1.54) is 0 Å². The van der Waals surface area contributed by atoms with Gasteiger partial charge in [-0.25, -0.2) is 15.0 Å². The Morgan fingerprint density at radius 1 is 0.882 bits per heavy atom. The smallest absolute Gasteiger partial charge is 0.254 e. The first-order valence-electron chi connectivity index (χ1n) is 10.8. The lowest BCUT2D eigenvalue weighted by atomic mass is 10.1. The average Bonchev–Trinajstić information content (AvgIpc) is 3.63. The van der Waals surface area contributed by atoms with Crippen LogP contribution in [0.25, 0.3) is 0 Å². The number of piperazine rings is 1. The molecule has 4 aromatic rings. The molecule has 1 aliphatic rings. The van der Waals surface area contributed by atoms with Crippen LogP contribution in [0.4, 0.5) is 17.3 Å². The molecule has 0 atom stereocenters. The van der Waals surface area contributed by atoms with Crippen molar-refractivity contribution in [3.05, 3.63) is 90.5 Å². The van der Waals surface area contributed by atoms with Crippen molar-refractivity contribution in [3.63, 3.8) is 0 Å². The van der Waals surface area contributed by atoms with E-state index in [-0.39, 0.29) is 5.91 Å². The molecule has 9 nitrogen and oxygen atoms in total. The first kappa shape index (κ1) is 21.3. The highest BCUT2D eigenvalue weighted by molar-refractivity contribution is 6.11. The molecule has 3 aromatic heterocycles. The molecule has 1 fully saturated rings. The largest absolute Gasteiger partial charge is 0.463 e. The van der Waals surface area contributed by atoms with Gasteiger partial charge in [0.15, 0.2) is 11.5 Å². The first-order valence-corrected chi connectivity index (χ1v) is 10.8. The molecule has 1 aliphatic heterocycles. The molecule has 1 amide bonds. The monoisotopic (exact) mass is 454 g/mol. The summed E-state index contributed by atoms with van der Waals surface area (Å²) in [5.74, 6) is 1.74. The molecule has 0 spiro atoms. The standard InChI is InChI=1S/C25H22N6O3/c1-26-20-17-18(24(32)30-11-13-31(14-12-30)25-27-9-4-10-28-25)7-8-19(20)29-23(21-5-2-15-33-21)22-6-3-16-34-22/h2-10,15-17H,1,11-14H2. The van der Waals surface area contributed by atoms with Crippen molar-refractivity contribution < 1.29 is 13.6 Å². The van der Waals surface area contributed by atoms with Crippen LogP contribution in [0.3, 0.4) is 0 Å². The van der Waals surface area contributed by atoms with Gasteiger partial charge in [0.1, 0.15) is 5.71 Å². The van der Waals surface area contributed by atoms with Gasteiger partial charge in [0.2, 0.25) is 5.95 Å². The molecule has 0 saturated carbocycles. The van der Waals surface area contributed by atoms with E-state index in [2.05, 4.69) is 26.6 Å². The lowest BCUT2D eigenvalue weighted by molar-refractivity contribution is 0.0746. The summed E-state index contributed by atoms with van der Waals surface area (Å²) in [7, 11) is 0. The molecule has 1 saturated heterocycles. The second-order valence-electron chi connectivity index (χ2n) is 7.60. The Balaban J connectivity index is 1.36. The first-order chi connectivity index (χ1) is 16.7. The number of rotatable bonds is 6. The predicted octanol–water partition coefficient (Wildman–Crippen LogP) is 4.13. The number of nitrogens with zero attached hydrogens (tertiary/aromatic N) is 6. The number of hydrogen-bond donors (Lipinski definition) is 0. The van der Waals surface area contributed by atoms with E-state index in [9.17, 15) is 4.79 Å². The zero-order chi connectivity index (χ0) is 23.3. The molecule has 170 valence electrons. The minimum atomic E-state index is -0.0636. The Kier molecular flexibility index (Phi) is 5.98. The fourth-order valence-corrected chi connectivity index (χ4v) is 3.80. The fraction of sp³-hybridized carbons (Fsp3) is 0.160. The van der Waals surface area contributed by atoms with Crippen LogP contribution >= 0.6 is 0 Å². The molecule has 0 N–H and O–H groups in total. The zero-order valence-corrected chi connectivity index (χ0v) is 18.4. The maximum Gasteiger partial charge on any atom is 0.254 e. The number of aromatic nitrogens is 2. The Hall–Kier alpha value is -4.53. The molecular weight excluding hydrogens is 432 g/mol. The summed E-state index contributed by atoms with van der Waals surface area (Å²) < 4.78 is 11.1. The van der Waals surface area contributed by atoms with Crippen LogP contribution in [0.5, 0.6) is 0 Å². The highest BCUT2D eigenvalue weighted by Gasteiger charge is 2.24. The fourth-order valence-electron chi connectivity index (χ4n) is 3.80. The molecule has 4 heterocycles. The Labute approximate surface area is 196 Å². The molecule has 0 aliphatic carbocycles. The Morgan fingerprint density at radius 2 is 1.56 bits per heavy atom. The number of amides is 1. The van der Waals surface area contributed by atoms with Gasteiger partial charge < -0.3 is 18.6 Å². The minimum Gasteiger partial charge on any atom is -0.463 e. The molecule has 0 radical (unpaired) electrons. The quantitative estimate of drug-likeness (QED) is 0.406. The van der Waals surface area contributed by atoms with Gasteiger partial charge in [-0.2, -0.15) is 0 Å². The molecule has 5 rings (SSSR count). The van der Waals surface area contributed by atoms with Gasteiger partial charge in [0, 0.05) is 44.1 Å². The van der Waals surface area contributed by atoms with E-state index < -0.39 is 0 Å². The van der Waals surface area contributed by atoms with Crippen molar-refractivity contribution in [2.24, 2.45) is 9.98 Å². The summed E-state index contributed by atoms with van der Waals surface area (Å²) in [5.41, 5.74) is 2.11. The van der Waals surface area contributed by atoms with Crippen LogP contribution in [-0.2, 0) is 0 Å². The highest BCUT2D eigenvalue weighted by Crippen LogP contribution is 2.31. The van der Waals surface area contributed by atoms with Gasteiger partial charge in [-0.05, 0) is 55.2 Å². The Morgan fingerprint density at radius 3 is 2.15 bits per heavy atom. The molecule has 1 aromatic carbocycles. The van der Waals surface area contributed by atoms with Crippen LogP contribution in [0, 0.1) is 0 Å².